The smallest absolute Gasteiger partial charge is 0.234 e. The Bertz CT molecular complexity index is 728. The number of benzene rings is 1. The summed E-state index contributed by atoms with van der Waals surface area (Å²) in [5.74, 6) is 0.697. The Morgan fingerprint density at radius 2 is 2.04 bits per heavy atom. The average molecular weight is 326 g/mol. The van der Waals surface area contributed by atoms with Crippen LogP contribution in [-0.2, 0) is 20.5 Å². The molecule has 24 heavy (non-hydrogen) atoms. The van der Waals surface area contributed by atoms with Crippen LogP contribution in [0.1, 0.15) is 42.7 Å². The van der Waals surface area contributed by atoms with Crippen LogP contribution in [0.15, 0.2) is 40.9 Å². The van der Waals surface area contributed by atoms with Gasteiger partial charge in [0.1, 0.15) is 11.0 Å². The van der Waals surface area contributed by atoms with Gasteiger partial charge in [-0.05, 0) is 38.2 Å². The molecule has 1 amide bonds. The van der Waals surface area contributed by atoms with E-state index in [0.717, 1.165) is 43.5 Å². The van der Waals surface area contributed by atoms with E-state index in [0.29, 0.717) is 12.3 Å². The van der Waals surface area contributed by atoms with Gasteiger partial charge in [-0.3, -0.25) is 4.79 Å². The predicted octanol–water partition coefficient (Wildman–Crippen LogP) is 2.84. The fraction of sp³-hybridized carbons (Fsp3) is 0.474. The first-order valence-electron chi connectivity index (χ1n) is 8.56. The highest BCUT2D eigenvalue weighted by molar-refractivity contribution is 5.90. The third kappa shape index (κ3) is 2.53. The topological polar surface area (TPSA) is 64.4 Å². The highest BCUT2D eigenvalue weighted by Gasteiger charge is 2.55. The first-order valence-corrected chi connectivity index (χ1v) is 8.56. The maximum absolute atomic E-state index is 12.8. The first kappa shape index (κ1) is 15.4. The zero-order valence-corrected chi connectivity index (χ0v) is 13.9. The van der Waals surface area contributed by atoms with Gasteiger partial charge in [-0.25, -0.2) is 0 Å². The van der Waals surface area contributed by atoms with Gasteiger partial charge in [0.25, 0.3) is 0 Å². The SMILES string of the molecule is Cc1cc(C2(C(=O)NCC3(c4ccccc4)CCCO3)CC2)on1. The highest BCUT2D eigenvalue weighted by atomic mass is 16.5. The Kier molecular flexibility index (Phi) is 3.68. The summed E-state index contributed by atoms with van der Waals surface area (Å²) in [7, 11) is 0. The van der Waals surface area contributed by atoms with E-state index in [-0.39, 0.29) is 5.91 Å². The van der Waals surface area contributed by atoms with Crippen LogP contribution in [0.4, 0.5) is 0 Å². The lowest BCUT2D eigenvalue weighted by atomic mass is 9.90. The van der Waals surface area contributed by atoms with Crippen LogP contribution in [0.3, 0.4) is 0 Å². The molecule has 2 fully saturated rings. The van der Waals surface area contributed by atoms with E-state index in [1.54, 1.807) is 0 Å². The molecule has 1 aromatic heterocycles. The molecular weight excluding hydrogens is 304 g/mol. The highest BCUT2D eigenvalue weighted by Crippen LogP contribution is 2.49. The van der Waals surface area contributed by atoms with Crippen molar-refractivity contribution in [3.63, 3.8) is 0 Å². The van der Waals surface area contributed by atoms with Gasteiger partial charge in [0.2, 0.25) is 5.91 Å². The Labute approximate surface area is 141 Å². The van der Waals surface area contributed by atoms with Gasteiger partial charge in [-0.1, -0.05) is 35.5 Å². The number of amides is 1. The number of nitrogens with one attached hydrogen (secondary N) is 1. The van der Waals surface area contributed by atoms with Gasteiger partial charge in [0.15, 0.2) is 5.76 Å². The molecule has 2 heterocycles. The van der Waals surface area contributed by atoms with Crippen molar-refractivity contribution in [2.45, 2.75) is 43.6 Å². The second-order valence-corrected chi connectivity index (χ2v) is 6.91. The minimum atomic E-state index is -0.530. The van der Waals surface area contributed by atoms with Crippen molar-refractivity contribution < 1.29 is 14.1 Å². The monoisotopic (exact) mass is 326 g/mol. The summed E-state index contributed by atoms with van der Waals surface area (Å²) in [4.78, 5) is 12.8. The summed E-state index contributed by atoms with van der Waals surface area (Å²) < 4.78 is 11.4. The van der Waals surface area contributed by atoms with Gasteiger partial charge in [0, 0.05) is 12.7 Å². The van der Waals surface area contributed by atoms with Crippen LogP contribution in [-0.4, -0.2) is 24.2 Å². The summed E-state index contributed by atoms with van der Waals surface area (Å²) in [5.41, 5.74) is 0.995. The number of carbonyl (C=O) groups excluding carboxylic acids is 1. The number of nitrogens with zero attached hydrogens (tertiary/aromatic N) is 1. The lowest BCUT2D eigenvalue weighted by molar-refractivity contribution is -0.125. The summed E-state index contributed by atoms with van der Waals surface area (Å²) in [6, 6.07) is 12.0. The average Bonchev–Trinajstić information content (AvgIpc) is 3.07. The molecule has 1 saturated heterocycles. The normalized spacial score (nSPS) is 24.7. The summed E-state index contributed by atoms with van der Waals surface area (Å²) >= 11 is 0. The number of aromatic nitrogens is 1. The van der Waals surface area contributed by atoms with E-state index < -0.39 is 11.0 Å². The van der Waals surface area contributed by atoms with E-state index in [1.165, 1.54) is 0 Å². The number of hydrogen-bond acceptors (Lipinski definition) is 4. The first-order chi connectivity index (χ1) is 11.6. The van der Waals surface area contributed by atoms with E-state index in [4.69, 9.17) is 9.26 Å². The lowest BCUT2D eigenvalue weighted by Gasteiger charge is -2.30. The molecule has 1 N–H and O–H groups in total. The molecule has 4 rings (SSSR count). The minimum Gasteiger partial charge on any atom is -0.368 e. The van der Waals surface area contributed by atoms with Gasteiger partial charge in [-0.2, -0.15) is 0 Å². The summed E-state index contributed by atoms with van der Waals surface area (Å²) in [6.07, 6.45) is 3.56. The van der Waals surface area contributed by atoms with Gasteiger partial charge in [-0.15, -0.1) is 0 Å². The molecule has 1 saturated carbocycles. The van der Waals surface area contributed by atoms with Gasteiger partial charge < -0.3 is 14.6 Å². The summed E-state index contributed by atoms with van der Waals surface area (Å²) in [6.45, 7) is 3.10. The van der Waals surface area contributed by atoms with E-state index in [2.05, 4.69) is 22.6 Å². The number of aryl methyl sites for hydroxylation is 1. The number of rotatable bonds is 5. The molecule has 5 heteroatoms. The maximum Gasteiger partial charge on any atom is 0.234 e. The molecule has 2 aromatic rings. The third-order valence-electron chi connectivity index (χ3n) is 5.22. The van der Waals surface area contributed by atoms with Crippen molar-refractivity contribution in [2.75, 3.05) is 13.2 Å². The second-order valence-electron chi connectivity index (χ2n) is 6.91. The van der Waals surface area contributed by atoms with Crippen molar-refractivity contribution in [3.8, 4) is 0 Å². The summed E-state index contributed by atoms with van der Waals surface area (Å²) in [5, 5.41) is 7.05. The minimum absolute atomic E-state index is 0.0180. The molecule has 1 aliphatic heterocycles. The fourth-order valence-corrected chi connectivity index (χ4v) is 3.60. The van der Waals surface area contributed by atoms with Crippen molar-refractivity contribution in [2.24, 2.45) is 0 Å². The quantitative estimate of drug-likeness (QED) is 0.917. The Hall–Kier alpha value is -2.14. The van der Waals surface area contributed by atoms with Crippen molar-refractivity contribution in [1.29, 1.82) is 0 Å². The number of carbonyl (C=O) groups is 1. The van der Waals surface area contributed by atoms with Gasteiger partial charge >= 0.3 is 0 Å². The zero-order valence-electron chi connectivity index (χ0n) is 13.9. The van der Waals surface area contributed by atoms with E-state index in [9.17, 15) is 4.79 Å². The van der Waals surface area contributed by atoms with Crippen molar-refractivity contribution in [1.82, 2.24) is 10.5 Å². The van der Waals surface area contributed by atoms with Crippen molar-refractivity contribution >= 4 is 5.91 Å². The van der Waals surface area contributed by atoms with Gasteiger partial charge in [0.05, 0.1) is 12.2 Å². The molecule has 0 spiro atoms. The standard InChI is InChI=1S/C19H22N2O3/c1-14-12-16(24-21-14)18(9-10-18)17(22)20-13-19(8-5-11-23-19)15-6-3-2-4-7-15/h2-4,6-7,12H,5,8-11,13H2,1H3,(H,20,22). The van der Waals surface area contributed by atoms with Crippen LogP contribution in [0.2, 0.25) is 0 Å². The molecule has 1 aliphatic carbocycles. The molecule has 1 aromatic carbocycles. The number of ether oxygens (including phenoxy) is 1. The largest absolute Gasteiger partial charge is 0.368 e. The third-order valence-corrected chi connectivity index (χ3v) is 5.22. The maximum atomic E-state index is 12.8. The Morgan fingerprint density at radius 1 is 1.25 bits per heavy atom. The lowest BCUT2D eigenvalue weighted by Crippen LogP contribution is -2.44. The van der Waals surface area contributed by atoms with Crippen LogP contribution < -0.4 is 5.32 Å². The Morgan fingerprint density at radius 3 is 2.62 bits per heavy atom. The zero-order chi connectivity index (χ0) is 16.6. The second kappa shape index (κ2) is 5.74. The molecule has 1 atom stereocenters. The molecule has 1 unspecified atom stereocenters. The van der Waals surface area contributed by atoms with Crippen LogP contribution in [0, 0.1) is 6.92 Å². The molecule has 2 aliphatic rings. The van der Waals surface area contributed by atoms with E-state index >= 15 is 0 Å². The number of hydrogen-bond donors (Lipinski definition) is 1. The molecular formula is C19H22N2O3. The predicted molar refractivity (Wildman–Crippen MR) is 88.5 cm³/mol. The van der Waals surface area contributed by atoms with Crippen LogP contribution in [0.25, 0.3) is 0 Å². The van der Waals surface area contributed by atoms with Crippen LogP contribution in [0.5, 0.6) is 0 Å². The molecule has 0 radical (unpaired) electrons. The molecule has 5 nitrogen and oxygen atoms in total. The van der Waals surface area contributed by atoms with E-state index in [1.807, 2.05) is 31.2 Å². The Balaban J connectivity index is 1.50. The molecule has 0 bridgehead atoms. The molecule has 126 valence electrons. The van der Waals surface area contributed by atoms with Crippen LogP contribution >= 0.6 is 0 Å². The van der Waals surface area contributed by atoms with Crippen molar-refractivity contribution in [3.05, 3.63) is 53.4 Å². The fourth-order valence-electron chi connectivity index (χ4n) is 3.60.